The molecule has 1 amide bonds. The Morgan fingerprint density at radius 3 is 2.62 bits per heavy atom. The van der Waals surface area contributed by atoms with Crippen molar-refractivity contribution in [3.05, 3.63) is 59.1 Å². The van der Waals surface area contributed by atoms with Gasteiger partial charge in [-0.1, -0.05) is 29.4 Å². The van der Waals surface area contributed by atoms with Crippen LogP contribution in [0.4, 0.5) is 0 Å². The lowest BCUT2D eigenvalue weighted by Crippen LogP contribution is -2.42. The number of benzene rings is 2. The Morgan fingerprint density at radius 2 is 1.96 bits per heavy atom. The predicted molar refractivity (Wildman–Crippen MR) is 97.8 cm³/mol. The number of halogens is 1. The van der Waals surface area contributed by atoms with E-state index in [0.717, 1.165) is 21.2 Å². The Bertz CT molecular complexity index is 749. The summed E-state index contributed by atoms with van der Waals surface area (Å²) in [6.07, 6.45) is 3.47. The molecule has 0 aliphatic carbocycles. The molecule has 124 valence electrons. The number of amides is 1. The standard InChI is InChI=1S/C19H19ClN2OS/c20-13-2-1-3-16(10-13)24-15-7-4-12(5-8-15)19(23)22-18-11-14-6-9-17(18)21-14/h1-5,7-8,10,14,17-18,21H,6,9,11H2,(H,22,23). The summed E-state index contributed by atoms with van der Waals surface area (Å²) in [5.74, 6) is 0.0219. The molecule has 3 nitrogen and oxygen atoms in total. The smallest absolute Gasteiger partial charge is 0.251 e. The lowest BCUT2D eigenvalue weighted by Gasteiger charge is -2.21. The van der Waals surface area contributed by atoms with Gasteiger partial charge in [0.15, 0.2) is 0 Å². The van der Waals surface area contributed by atoms with Gasteiger partial charge in [0, 0.05) is 38.5 Å². The summed E-state index contributed by atoms with van der Waals surface area (Å²) in [5, 5.41) is 7.46. The Kier molecular flexibility index (Phi) is 4.53. The van der Waals surface area contributed by atoms with Crippen LogP contribution in [0.15, 0.2) is 58.3 Å². The van der Waals surface area contributed by atoms with Crippen LogP contribution in [0.2, 0.25) is 5.02 Å². The monoisotopic (exact) mass is 358 g/mol. The zero-order chi connectivity index (χ0) is 16.5. The highest BCUT2D eigenvalue weighted by Crippen LogP contribution is 2.30. The molecule has 2 heterocycles. The summed E-state index contributed by atoms with van der Waals surface area (Å²) >= 11 is 7.65. The largest absolute Gasteiger partial charge is 0.348 e. The van der Waals surface area contributed by atoms with E-state index in [9.17, 15) is 4.79 Å². The Balaban J connectivity index is 1.39. The van der Waals surface area contributed by atoms with E-state index in [4.69, 9.17) is 11.6 Å². The predicted octanol–water partition coefficient (Wildman–Crippen LogP) is 4.11. The molecule has 2 saturated heterocycles. The molecule has 2 aromatic rings. The maximum atomic E-state index is 12.4. The van der Waals surface area contributed by atoms with Crippen molar-refractivity contribution in [1.82, 2.24) is 10.6 Å². The van der Waals surface area contributed by atoms with E-state index in [0.29, 0.717) is 17.6 Å². The van der Waals surface area contributed by atoms with Crippen LogP contribution in [0.25, 0.3) is 0 Å². The van der Waals surface area contributed by atoms with Crippen molar-refractivity contribution >= 4 is 29.3 Å². The molecule has 2 bridgehead atoms. The molecule has 0 aromatic heterocycles. The first-order valence-corrected chi connectivity index (χ1v) is 9.47. The van der Waals surface area contributed by atoms with Crippen LogP contribution in [0.5, 0.6) is 0 Å². The van der Waals surface area contributed by atoms with Crippen molar-refractivity contribution in [3.8, 4) is 0 Å². The fourth-order valence-electron chi connectivity index (χ4n) is 3.58. The van der Waals surface area contributed by atoms with Gasteiger partial charge in [0.1, 0.15) is 0 Å². The minimum Gasteiger partial charge on any atom is -0.348 e. The number of hydrogen-bond acceptors (Lipinski definition) is 3. The van der Waals surface area contributed by atoms with Crippen molar-refractivity contribution in [2.24, 2.45) is 0 Å². The summed E-state index contributed by atoms with van der Waals surface area (Å²) in [6.45, 7) is 0. The van der Waals surface area contributed by atoms with Crippen molar-refractivity contribution in [1.29, 1.82) is 0 Å². The molecule has 5 heteroatoms. The van der Waals surface area contributed by atoms with Crippen LogP contribution in [-0.4, -0.2) is 24.0 Å². The third-order valence-electron chi connectivity index (χ3n) is 4.76. The Morgan fingerprint density at radius 1 is 1.12 bits per heavy atom. The maximum Gasteiger partial charge on any atom is 0.251 e. The van der Waals surface area contributed by atoms with Gasteiger partial charge in [-0.05, 0) is 61.7 Å². The van der Waals surface area contributed by atoms with E-state index in [1.807, 2.05) is 48.5 Å². The lowest BCUT2D eigenvalue weighted by atomic mass is 9.95. The topological polar surface area (TPSA) is 41.1 Å². The molecular formula is C19H19ClN2OS. The highest BCUT2D eigenvalue weighted by Gasteiger charge is 2.39. The third kappa shape index (κ3) is 3.46. The molecule has 2 aromatic carbocycles. The third-order valence-corrected chi connectivity index (χ3v) is 6.00. The van der Waals surface area contributed by atoms with Crippen molar-refractivity contribution in [2.75, 3.05) is 0 Å². The second-order valence-electron chi connectivity index (χ2n) is 6.45. The van der Waals surface area contributed by atoms with Crippen LogP contribution in [0.1, 0.15) is 29.6 Å². The number of nitrogens with one attached hydrogen (secondary N) is 2. The molecule has 0 spiro atoms. The first-order valence-electron chi connectivity index (χ1n) is 8.28. The molecule has 2 N–H and O–H groups in total. The molecule has 2 fully saturated rings. The van der Waals surface area contributed by atoms with E-state index in [-0.39, 0.29) is 11.9 Å². The van der Waals surface area contributed by atoms with Crippen LogP contribution >= 0.6 is 23.4 Å². The van der Waals surface area contributed by atoms with E-state index in [2.05, 4.69) is 10.6 Å². The normalized spacial score (nSPS) is 25.0. The van der Waals surface area contributed by atoms with Crippen LogP contribution in [-0.2, 0) is 0 Å². The fraction of sp³-hybridized carbons (Fsp3) is 0.316. The Labute approximate surface area is 151 Å². The average molecular weight is 359 g/mol. The average Bonchev–Trinajstić information content (AvgIpc) is 3.18. The van der Waals surface area contributed by atoms with Gasteiger partial charge in [-0.2, -0.15) is 0 Å². The fourth-order valence-corrected chi connectivity index (χ4v) is 4.71. The molecule has 3 atom stereocenters. The van der Waals surface area contributed by atoms with E-state index in [1.54, 1.807) is 11.8 Å². The van der Waals surface area contributed by atoms with Gasteiger partial charge < -0.3 is 10.6 Å². The zero-order valence-corrected chi connectivity index (χ0v) is 14.7. The Hall–Kier alpha value is -1.49. The number of rotatable bonds is 4. The summed E-state index contributed by atoms with van der Waals surface area (Å²) in [5.41, 5.74) is 0.716. The minimum absolute atomic E-state index is 0.0219. The van der Waals surface area contributed by atoms with Gasteiger partial charge in [-0.25, -0.2) is 0 Å². The second-order valence-corrected chi connectivity index (χ2v) is 8.03. The van der Waals surface area contributed by atoms with Gasteiger partial charge in [0.2, 0.25) is 0 Å². The highest BCUT2D eigenvalue weighted by atomic mass is 35.5. The molecule has 2 aliphatic heterocycles. The molecule has 3 unspecified atom stereocenters. The number of carbonyl (C=O) groups excluding carboxylic acids is 1. The summed E-state index contributed by atoms with van der Waals surface area (Å²) < 4.78 is 0. The lowest BCUT2D eigenvalue weighted by molar-refractivity contribution is 0.0931. The van der Waals surface area contributed by atoms with Gasteiger partial charge in [-0.15, -0.1) is 0 Å². The van der Waals surface area contributed by atoms with Crippen molar-refractivity contribution in [2.45, 2.75) is 47.2 Å². The first kappa shape index (κ1) is 16.0. The second kappa shape index (κ2) is 6.79. The van der Waals surface area contributed by atoms with Gasteiger partial charge in [0.05, 0.1) is 0 Å². The first-order chi connectivity index (χ1) is 11.7. The van der Waals surface area contributed by atoms with Crippen molar-refractivity contribution in [3.63, 3.8) is 0 Å². The molecule has 2 aliphatic rings. The molecular weight excluding hydrogens is 340 g/mol. The van der Waals surface area contributed by atoms with E-state index in [1.165, 1.54) is 12.8 Å². The van der Waals surface area contributed by atoms with Gasteiger partial charge in [-0.3, -0.25) is 4.79 Å². The number of hydrogen-bond donors (Lipinski definition) is 2. The van der Waals surface area contributed by atoms with Gasteiger partial charge >= 0.3 is 0 Å². The van der Waals surface area contributed by atoms with Gasteiger partial charge in [0.25, 0.3) is 5.91 Å². The SMILES string of the molecule is O=C(NC1CC2CCC1N2)c1ccc(Sc2cccc(Cl)c2)cc1. The minimum atomic E-state index is 0.0219. The molecule has 0 saturated carbocycles. The van der Waals surface area contributed by atoms with Crippen LogP contribution in [0.3, 0.4) is 0 Å². The quantitative estimate of drug-likeness (QED) is 0.864. The van der Waals surface area contributed by atoms with Crippen LogP contribution < -0.4 is 10.6 Å². The van der Waals surface area contributed by atoms with E-state index < -0.39 is 0 Å². The summed E-state index contributed by atoms with van der Waals surface area (Å²) in [7, 11) is 0. The molecule has 4 rings (SSSR count). The maximum absolute atomic E-state index is 12.4. The summed E-state index contributed by atoms with van der Waals surface area (Å²) in [6, 6.07) is 16.9. The number of carbonyl (C=O) groups is 1. The zero-order valence-electron chi connectivity index (χ0n) is 13.2. The van der Waals surface area contributed by atoms with Crippen molar-refractivity contribution < 1.29 is 4.79 Å². The van der Waals surface area contributed by atoms with E-state index >= 15 is 0 Å². The van der Waals surface area contributed by atoms with Crippen LogP contribution in [0, 0.1) is 0 Å². The summed E-state index contributed by atoms with van der Waals surface area (Å²) in [4.78, 5) is 14.6. The molecule has 0 radical (unpaired) electrons. The number of fused-ring (bicyclic) bond motifs is 2. The molecule has 24 heavy (non-hydrogen) atoms. The highest BCUT2D eigenvalue weighted by molar-refractivity contribution is 7.99.